The van der Waals surface area contributed by atoms with E-state index in [0.717, 1.165) is 0 Å². The zero-order valence-corrected chi connectivity index (χ0v) is 9.74. The summed E-state index contributed by atoms with van der Waals surface area (Å²) in [4.78, 5) is 19.6. The number of nitrogens with zero attached hydrogens (tertiary/aromatic N) is 4. The van der Waals surface area contributed by atoms with Crippen LogP contribution < -0.4 is 11.1 Å². The molecule has 18 heavy (non-hydrogen) atoms. The van der Waals surface area contributed by atoms with Crippen LogP contribution in [0.2, 0.25) is 0 Å². The summed E-state index contributed by atoms with van der Waals surface area (Å²) in [5, 5.41) is 6.37. The van der Waals surface area contributed by atoms with Crippen LogP contribution in [0.4, 0.5) is 0 Å². The van der Waals surface area contributed by atoms with Crippen molar-refractivity contribution in [1.29, 1.82) is 0 Å². The molecule has 2 heterocycles. The van der Waals surface area contributed by atoms with Crippen molar-refractivity contribution in [2.24, 2.45) is 5.73 Å². The summed E-state index contributed by atoms with van der Waals surface area (Å²) in [6.07, 6.45) is 5.02. The van der Waals surface area contributed by atoms with Crippen molar-refractivity contribution in [2.75, 3.05) is 13.1 Å². The molecule has 3 N–H and O–H groups in total. The fourth-order valence-electron chi connectivity index (χ4n) is 1.43. The summed E-state index contributed by atoms with van der Waals surface area (Å²) < 4.78 is 6.36. The normalized spacial score (nSPS) is 10.5. The van der Waals surface area contributed by atoms with Crippen molar-refractivity contribution in [3.05, 3.63) is 30.4 Å². The van der Waals surface area contributed by atoms with Gasteiger partial charge in [0.15, 0.2) is 5.82 Å². The number of carbonyl (C=O) groups is 1. The van der Waals surface area contributed by atoms with Crippen LogP contribution in [-0.4, -0.2) is 38.7 Å². The Labute approximate surface area is 103 Å². The predicted octanol–water partition coefficient (Wildman–Crippen LogP) is -0.803. The third-order valence-corrected chi connectivity index (χ3v) is 2.29. The maximum absolute atomic E-state index is 11.7. The lowest BCUT2D eigenvalue weighted by Gasteiger charge is -2.00. The van der Waals surface area contributed by atoms with E-state index in [1.807, 2.05) is 0 Å². The van der Waals surface area contributed by atoms with Crippen LogP contribution in [0, 0.1) is 0 Å². The third kappa shape index (κ3) is 3.14. The van der Waals surface area contributed by atoms with Gasteiger partial charge in [0.05, 0.1) is 6.33 Å². The average molecular weight is 250 g/mol. The summed E-state index contributed by atoms with van der Waals surface area (Å²) in [6, 6.07) is 0. The second kappa shape index (κ2) is 5.92. The summed E-state index contributed by atoms with van der Waals surface area (Å²) in [5.41, 5.74) is 5.78. The van der Waals surface area contributed by atoms with Crippen LogP contribution >= 0.6 is 0 Å². The molecule has 0 aliphatic carbocycles. The molecule has 0 radical (unpaired) electrons. The SMILES string of the molecule is NCCn1cnc(C(=O)NCCc2ncon2)c1. The second-order valence-corrected chi connectivity index (χ2v) is 3.64. The van der Waals surface area contributed by atoms with Gasteiger partial charge in [-0.2, -0.15) is 4.98 Å². The van der Waals surface area contributed by atoms with Crippen LogP contribution in [0.15, 0.2) is 23.4 Å². The molecule has 8 nitrogen and oxygen atoms in total. The molecule has 2 rings (SSSR count). The van der Waals surface area contributed by atoms with Gasteiger partial charge >= 0.3 is 0 Å². The van der Waals surface area contributed by atoms with E-state index < -0.39 is 0 Å². The number of amides is 1. The number of hydrogen-bond donors (Lipinski definition) is 2. The zero-order valence-electron chi connectivity index (χ0n) is 9.74. The van der Waals surface area contributed by atoms with Gasteiger partial charge in [-0.05, 0) is 0 Å². The van der Waals surface area contributed by atoms with Crippen LogP contribution in [0.1, 0.15) is 16.3 Å². The molecule has 96 valence electrons. The molecule has 0 atom stereocenters. The van der Waals surface area contributed by atoms with Crippen molar-refractivity contribution in [2.45, 2.75) is 13.0 Å². The molecular formula is C10H14N6O2. The highest BCUT2D eigenvalue weighted by molar-refractivity contribution is 5.91. The van der Waals surface area contributed by atoms with Crippen LogP contribution in [0.5, 0.6) is 0 Å². The minimum atomic E-state index is -0.228. The highest BCUT2D eigenvalue weighted by Crippen LogP contribution is 1.96. The van der Waals surface area contributed by atoms with Gasteiger partial charge < -0.3 is 20.1 Å². The van der Waals surface area contributed by atoms with Crippen molar-refractivity contribution in [3.63, 3.8) is 0 Å². The first kappa shape index (κ1) is 12.2. The molecule has 1 amide bonds. The molecule has 2 aromatic heterocycles. The quantitative estimate of drug-likeness (QED) is 0.694. The molecule has 8 heteroatoms. The van der Waals surface area contributed by atoms with E-state index in [4.69, 9.17) is 5.73 Å². The first-order chi connectivity index (χ1) is 8.79. The van der Waals surface area contributed by atoms with Gasteiger partial charge in [0.2, 0.25) is 6.39 Å². The molecule has 0 fully saturated rings. The van der Waals surface area contributed by atoms with E-state index in [1.54, 1.807) is 17.1 Å². The topological polar surface area (TPSA) is 112 Å². The lowest BCUT2D eigenvalue weighted by molar-refractivity contribution is 0.0949. The molecule has 0 aromatic carbocycles. The first-order valence-electron chi connectivity index (χ1n) is 5.55. The molecule has 0 saturated heterocycles. The number of rotatable bonds is 6. The number of carbonyl (C=O) groups excluding carboxylic acids is 1. The summed E-state index contributed by atoms with van der Waals surface area (Å²) in [7, 11) is 0. The molecule has 0 bridgehead atoms. The Kier molecular flexibility index (Phi) is 4.02. The number of aromatic nitrogens is 4. The molecule has 0 unspecified atom stereocenters. The third-order valence-electron chi connectivity index (χ3n) is 2.29. The average Bonchev–Trinajstić information content (AvgIpc) is 3.00. The summed E-state index contributed by atoms with van der Waals surface area (Å²) in [5.74, 6) is 0.332. The van der Waals surface area contributed by atoms with Crippen LogP contribution in [0.3, 0.4) is 0 Å². The number of nitrogens with one attached hydrogen (secondary N) is 1. The molecule has 0 spiro atoms. The molecule has 0 aliphatic rings. The molecule has 0 aliphatic heterocycles. The van der Waals surface area contributed by atoms with Crippen molar-refractivity contribution in [1.82, 2.24) is 25.0 Å². The van der Waals surface area contributed by atoms with Gasteiger partial charge in [-0.1, -0.05) is 5.16 Å². The van der Waals surface area contributed by atoms with Crippen molar-refractivity contribution < 1.29 is 9.32 Å². The van der Waals surface area contributed by atoms with Crippen molar-refractivity contribution in [3.8, 4) is 0 Å². The van der Waals surface area contributed by atoms with Gasteiger partial charge in [0.25, 0.3) is 5.91 Å². The minimum absolute atomic E-state index is 0.228. The first-order valence-corrected chi connectivity index (χ1v) is 5.55. The Morgan fingerprint density at radius 2 is 2.39 bits per heavy atom. The molecular weight excluding hydrogens is 236 g/mol. The van der Waals surface area contributed by atoms with E-state index in [2.05, 4.69) is 25.0 Å². The standard InChI is InChI=1S/C10H14N6O2/c11-2-4-16-5-8(13-6-16)10(17)12-3-1-9-14-7-18-15-9/h5-7H,1-4,11H2,(H,12,17). The number of hydrogen-bond acceptors (Lipinski definition) is 6. The lowest BCUT2D eigenvalue weighted by atomic mass is 10.4. The minimum Gasteiger partial charge on any atom is -0.350 e. The number of imidazole rings is 1. The van der Waals surface area contributed by atoms with Gasteiger partial charge in [-0.3, -0.25) is 4.79 Å². The van der Waals surface area contributed by atoms with Crippen molar-refractivity contribution >= 4 is 5.91 Å². The summed E-state index contributed by atoms with van der Waals surface area (Å²) >= 11 is 0. The highest BCUT2D eigenvalue weighted by atomic mass is 16.5. The zero-order chi connectivity index (χ0) is 12.8. The predicted molar refractivity (Wildman–Crippen MR) is 61.6 cm³/mol. The van der Waals surface area contributed by atoms with E-state index in [0.29, 0.717) is 37.6 Å². The van der Waals surface area contributed by atoms with Crippen LogP contribution in [-0.2, 0) is 13.0 Å². The Morgan fingerprint density at radius 1 is 1.50 bits per heavy atom. The molecule has 2 aromatic rings. The number of nitrogens with two attached hydrogens (primary N) is 1. The Balaban J connectivity index is 1.80. The van der Waals surface area contributed by atoms with Crippen LogP contribution in [0.25, 0.3) is 0 Å². The smallest absolute Gasteiger partial charge is 0.271 e. The van der Waals surface area contributed by atoms with Gasteiger partial charge in [-0.25, -0.2) is 4.98 Å². The van der Waals surface area contributed by atoms with E-state index >= 15 is 0 Å². The Hall–Kier alpha value is -2.22. The fourth-order valence-corrected chi connectivity index (χ4v) is 1.43. The lowest BCUT2D eigenvalue weighted by Crippen LogP contribution is -2.26. The highest BCUT2D eigenvalue weighted by Gasteiger charge is 2.09. The van der Waals surface area contributed by atoms with Gasteiger partial charge in [0, 0.05) is 32.3 Å². The Morgan fingerprint density at radius 3 is 3.11 bits per heavy atom. The van der Waals surface area contributed by atoms with E-state index in [9.17, 15) is 4.79 Å². The van der Waals surface area contributed by atoms with Gasteiger partial charge in [-0.15, -0.1) is 0 Å². The van der Waals surface area contributed by atoms with E-state index in [-0.39, 0.29) is 5.91 Å². The maximum Gasteiger partial charge on any atom is 0.271 e. The Bertz CT molecular complexity index is 492. The second-order valence-electron chi connectivity index (χ2n) is 3.64. The summed E-state index contributed by atoms with van der Waals surface area (Å²) in [6.45, 7) is 1.58. The largest absolute Gasteiger partial charge is 0.350 e. The fraction of sp³-hybridized carbons (Fsp3) is 0.400. The van der Waals surface area contributed by atoms with E-state index in [1.165, 1.54) is 6.39 Å². The monoisotopic (exact) mass is 250 g/mol. The maximum atomic E-state index is 11.7. The molecule has 0 saturated carbocycles. The van der Waals surface area contributed by atoms with Gasteiger partial charge in [0.1, 0.15) is 5.69 Å².